The average Bonchev–Trinajstić information content (AvgIpc) is 3.85. The Kier molecular flexibility index (Phi) is 20.7. The third-order valence-corrected chi connectivity index (χ3v) is 11.6. The molecule has 0 aromatic heterocycles. The Morgan fingerprint density at radius 1 is 0.776 bits per heavy atom. The van der Waals surface area contributed by atoms with E-state index in [0.717, 1.165) is 12.8 Å². The zero-order valence-electron chi connectivity index (χ0n) is 33.0. The maximum atomic E-state index is 13.1. The molecule has 58 heavy (non-hydrogen) atoms. The highest BCUT2D eigenvalue weighted by molar-refractivity contribution is 7.26. The number of aliphatic hydroxyl groups excluding tert-OH is 6. The number of nitrogens with one attached hydrogen (secondary N) is 2. The van der Waals surface area contributed by atoms with E-state index < -0.39 is 92.5 Å². The van der Waals surface area contributed by atoms with Gasteiger partial charge in [0.1, 0.15) is 54.9 Å². The SMILES string of the molecule is CC(=O)NC1C(OCCCCC(=O)N2CC(OPOC[C@@H]3CCCN3C(=O)CCCCOC3OC(CO)[C@H](O)C(O)C3NC(C)=O)C[C@H]2OP)OC(CO)C(O)C1O. The molecular weight excluding hydrogens is 810 g/mol. The Morgan fingerprint density at radius 2 is 1.29 bits per heavy atom. The van der Waals surface area contributed by atoms with Crippen molar-refractivity contribution in [1.29, 1.82) is 0 Å². The van der Waals surface area contributed by atoms with E-state index >= 15 is 0 Å². The number of ether oxygens (including phenoxy) is 4. The minimum absolute atomic E-state index is 0.0123. The predicted molar refractivity (Wildman–Crippen MR) is 205 cm³/mol. The lowest BCUT2D eigenvalue weighted by atomic mass is 9.97. The van der Waals surface area contributed by atoms with E-state index in [-0.39, 0.29) is 59.1 Å². The van der Waals surface area contributed by atoms with E-state index in [1.165, 1.54) is 13.8 Å². The van der Waals surface area contributed by atoms with E-state index in [9.17, 15) is 49.8 Å². The number of amides is 4. The molecule has 0 bridgehead atoms. The number of unbranched alkanes of at least 4 members (excludes halogenated alkanes) is 2. The first-order valence-corrected chi connectivity index (χ1v) is 21.1. The molecule has 0 spiro atoms. The van der Waals surface area contributed by atoms with Crippen LogP contribution >= 0.6 is 18.5 Å². The van der Waals surface area contributed by atoms with Crippen molar-refractivity contribution in [3.8, 4) is 0 Å². The fourth-order valence-electron chi connectivity index (χ4n) is 7.48. The largest absolute Gasteiger partial charge is 0.394 e. The van der Waals surface area contributed by atoms with Gasteiger partial charge in [-0.1, -0.05) is 0 Å². The van der Waals surface area contributed by atoms with Crippen molar-refractivity contribution in [1.82, 2.24) is 20.4 Å². The lowest BCUT2D eigenvalue weighted by molar-refractivity contribution is -0.270. The second-order valence-electron chi connectivity index (χ2n) is 14.9. The molecule has 0 saturated carbocycles. The van der Waals surface area contributed by atoms with Gasteiger partial charge in [-0.3, -0.25) is 19.2 Å². The Morgan fingerprint density at radius 3 is 1.78 bits per heavy atom. The van der Waals surface area contributed by atoms with Crippen molar-refractivity contribution in [2.45, 2.75) is 151 Å². The first kappa shape index (κ1) is 48.9. The smallest absolute Gasteiger partial charge is 0.224 e. The first-order chi connectivity index (χ1) is 27.8. The third kappa shape index (κ3) is 13.9. The normalized spacial score (nSPS) is 34.2. The number of hydrogen-bond donors (Lipinski definition) is 8. The Bertz CT molecular complexity index is 1310. The molecule has 4 rings (SSSR count). The summed E-state index contributed by atoms with van der Waals surface area (Å²) in [5.74, 6) is -1.05. The fourth-order valence-corrected chi connectivity index (χ4v) is 8.37. The molecule has 0 aromatic carbocycles. The zero-order chi connectivity index (χ0) is 42.4. The number of carbonyl (C=O) groups excluding carboxylic acids is 4. The predicted octanol–water partition coefficient (Wildman–Crippen LogP) is -2.49. The summed E-state index contributed by atoms with van der Waals surface area (Å²) in [5, 5.41) is 65.2. The lowest BCUT2D eigenvalue weighted by Crippen LogP contribution is -2.64. The van der Waals surface area contributed by atoms with E-state index in [0.29, 0.717) is 51.8 Å². The van der Waals surface area contributed by atoms with Crippen LogP contribution in [0.3, 0.4) is 0 Å². The van der Waals surface area contributed by atoms with Crippen LogP contribution in [0.4, 0.5) is 0 Å². The van der Waals surface area contributed by atoms with Gasteiger partial charge in [0.05, 0.1) is 32.0 Å². The highest BCUT2D eigenvalue weighted by Gasteiger charge is 2.46. The number of nitrogens with zero attached hydrogens (tertiary/aromatic N) is 2. The van der Waals surface area contributed by atoms with E-state index in [4.69, 9.17) is 32.5 Å². The summed E-state index contributed by atoms with van der Waals surface area (Å²) in [6.07, 6.45) is -6.30. The lowest BCUT2D eigenvalue weighted by Gasteiger charge is -2.42. The average molecular weight is 873 g/mol. The summed E-state index contributed by atoms with van der Waals surface area (Å²) in [6.45, 7) is 2.95. The third-order valence-electron chi connectivity index (χ3n) is 10.6. The van der Waals surface area contributed by atoms with Crippen LogP contribution in [0.15, 0.2) is 0 Å². The Balaban J connectivity index is 1.10. The van der Waals surface area contributed by atoms with E-state index in [2.05, 4.69) is 20.1 Å². The molecule has 4 aliphatic rings. The van der Waals surface area contributed by atoms with Crippen LogP contribution in [-0.2, 0) is 51.7 Å². The van der Waals surface area contributed by atoms with Crippen molar-refractivity contribution in [3.63, 3.8) is 0 Å². The molecule has 0 radical (unpaired) electrons. The van der Waals surface area contributed by atoms with Gasteiger partial charge < -0.3 is 83.6 Å². The summed E-state index contributed by atoms with van der Waals surface area (Å²) in [4.78, 5) is 52.9. The highest BCUT2D eigenvalue weighted by Crippen LogP contribution is 2.31. The summed E-state index contributed by atoms with van der Waals surface area (Å²) < 4.78 is 39.9. The maximum Gasteiger partial charge on any atom is 0.224 e. The van der Waals surface area contributed by atoms with Gasteiger partial charge in [-0.25, -0.2) is 0 Å². The van der Waals surface area contributed by atoms with Gasteiger partial charge in [-0.05, 0) is 38.5 Å². The monoisotopic (exact) mass is 872 g/mol. The molecule has 23 heteroatoms. The standard InChI is InChI=1S/C35H62N4O17P2/c1-19(42)36-28-32(48)30(46)23(16-40)53-34(28)50-12-5-3-9-25(44)38-11-7-8-21(38)18-52-58-56-22-14-27(55-57)39(15-22)26(45)10-4-6-13-51-35-29(37-20(2)43)33(49)31(47)24(17-41)54-35/h21-24,27-35,40-41,46-49,58H,3-18,57H2,1-2H3,(H,36,42)(H,37,43)/t21-,22?,23?,24?,27+,28?,29?,30-,31?,32?,33?,34?,35?/m0/s1. The van der Waals surface area contributed by atoms with Crippen molar-refractivity contribution in [3.05, 3.63) is 0 Å². The van der Waals surface area contributed by atoms with E-state index in [1.54, 1.807) is 4.90 Å². The first-order valence-electron chi connectivity index (χ1n) is 19.8. The van der Waals surface area contributed by atoms with Gasteiger partial charge in [-0.2, -0.15) is 0 Å². The number of hydrogen-bond acceptors (Lipinski definition) is 17. The van der Waals surface area contributed by atoms with Crippen LogP contribution in [0.2, 0.25) is 0 Å². The van der Waals surface area contributed by atoms with E-state index in [1.807, 2.05) is 4.90 Å². The maximum absolute atomic E-state index is 13.1. The highest BCUT2D eigenvalue weighted by atomic mass is 31.1. The quantitative estimate of drug-likeness (QED) is 0.0413. The fraction of sp³-hybridized carbons (Fsp3) is 0.886. The number of rotatable bonds is 22. The van der Waals surface area contributed by atoms with Crippen molar-refractivity contribution >= 4 is 42.1 Å². The van der Waals surface area contributed by atoms with Gasteiger partial charge in [0.15, 0.2) is 21.6 Å². The molecule has 4 aliphatic heterocycles. The summed E-state index contributed by atoms with van der Waals surface area (Å²) >= 11 is 0. The van der Waals surface area contributed by atoms with Crippen LogP contribution in [0.25, 0.3) is 0 Å². The van der Waals surface area contributed by atoms with Crippen molar-refractivity contribution in [2.75, 3.05) is 46.1 Å². The second kappa shape index (κ2) is 24.6. The molecule has 4 saturated heterocycles. The van der Waals surface area contributed by atoms with Crippen molar-refractivity contribution < 1.29 is 82.3 Å². The summed E-state index contributed by atoms with van der Waals surface area (Å²) in [6, 6.07) is -2.17. The molecule has 12 unspecified atom stereocenters. The second-order valence-corrected chi connectivity index (χ2v) is 15.9. The van der Waals surface area contributed by atoms with Gasteiger partial charge in [0.25, 0.3) is 0 Å². The van der Waals surface area contributed by atoms with Crippen LogP contribution < -0.4 is 10.6 Å². The number of carbonyl (C=O) groups is 4. The minimum Gasteiger partial charge on any atom is -0.394 e. The van der Waals surface area contributed by atoms with Crippen molar-refractivity contribution in [2.24, 2.45) is 0 Å². The molecule has 0 aromatic rings. The molecule has 4 fully saturated rings. The molecule has 21 nitrogen and oxygen atoms in total. The Labute approximate surface area is 341 Å². The van der Waals surface area contributed by atoms with Crippen LogP contribution in [0, 0.1) is 0 Å². The number of aliphatic hydroxyl groups is 6. The summed E-state index contributed by atoms with van der Waals surface area (Å²) in [5.41, 5.74) is 0. The summed E-state index contributed by atoms with van der Waals surface area (Å²) in [7, 11) is 1.88. The minimum atomic E-state index is -1.41. The van der Waals surface area contributed by atoms with Gasteiger partial charge in [-0.15, -0.1) is 0 Å². The molecule has 0 aliphatic carbocycles. The van der Waals surface area contributed by atoms with Gasteiger partial charge in [0.2, 0.25) is 23.6 Å². The topological polar surface area (TPSA) is 285 Å². The van der Waals surface area contributed by atoms with Crippen LogP contribution in [0.1, 0.15) is 71.6 Å². The molecule has 334 valence electrons. The van der Waals surface area contributed by atoms with Crippen LogP contribution in [0.5, 0.6) is 0 Å². The Hall–Kier alpha value is -1.78. The molecule has 8 N–H and O–H groups in total. The number of likely N-dealkylation sites (tertiary alicyclic amines) is 2. The van der Waals surface area contributed by atoms with Gasteiger partial charge in [0, 0.05) is 68.9 Å². The molecular formula is C35H62N4O17P2. The molecule has 4 amide bonds. The molecule has 4 heterocycles. The van der Waals surface area contributed by atoms with Crippen LogP contribution in [-0.4, -0.2) is 190 Å². The molecule has 15 atom stereocenters. The zero-order valence-corrected chi connectivity index (χ0v) is 35.1. The van der Waals surface area contributed by atoms with Gasteiger partial charge >= 0.3 is 0 Å².